The van der Waals surface area contributed by atoms with Crippen molar-refractivity contribution in [2.24, 2.45) is 12.5 Å². The van der Waals surface area contributed by atoms with E-state index in [9.17, 15) is 22.2 Å². The van der Waals surface area contributed by atoms with Crippen molar-refractivity contribution in [2.75, 3.05) is 13.2 Å². The van der Waals surface area contributed by atoms with Gasteiger partial charge in [0.2, 0.25) is 0 Å². The number of allylic oxidation sites excluding steroid dienone is 1. The minimum atomic E-state index is -3.19. The summed E-state index contributed by atoms with van der Waals surface area (Å²) < 4.78 is 60.7. The Kier molecular flexibility index (Phi) is 7.14. The number of carbonyl (C=O) groups excluding carboxylic acids is 1. The van der Waals surface area contributed by atoms with Gasteiger partial charge in [0.1, 0.15) is 24.0 Å². The Morgan fingerprint density at radius 1 is 1.19 bits per heavy atom. The molecule has 3 heterocycles. The first-order valence-electron chi connectivity index (χ1n) is 13.5. The number of carbonyl (C=O) groups is 1. The normalized spacial score (nSPS) is 21.4. The molecule has 2 aliphatic rings. The first-order chi connectivity index (χ1) is 20.1. The molecule has 2 aliphatic carbocycles. The van der Waals surface area contributed by atoms with Crippen molar-refractivity contribution in [3.8, 4) is 5.69 Å². The third-order valence-corrected chi connectivity index (χ3v) is 10.3. The molecule has 0 amide bonds. The Morgan fingerprint density at radius 2 is 1.98 bits per heavy atom. The summed E-state index contributed by atoms with van der Waals surface area (Å²) >= 11 is 0. The topological polar surface area (TPSA) is 85.9 Å². The average molecular weight is 595 g/mol. The van der Waals surface area contributed by atoms with Gasteiger partial charge < -0.3 is 0 Å². The van der Waals surface area contributed by atoms with Crippen molar-refractivity contribution in [3.05, 3.63) is 95.2 Å². The summed E-state index contributed by atoms with van der Waals surface area (Å²) in [6, 6.07) is 9.36. The number of alkyl halides is 1. The van der Waals surface area contributed by atoms with E-state index in [1.807, 2.05) is 6.08 Å². The molecule has 0 radical (unpaired) electrons. The molecule has 12 heteroatoms. The summed E-state index contributed by atoms with van der Waals surface area (Å²) in [4.78, 5) is 18.5. The lowest BCUT2D eigenvalue weighted by molar-refractivity contribution is 0.0737. The summed E-state index contributed by atoms with van der Waals surface area (Å²) in [5.74, 6) is 2.66. The number of hydrogen-bond acceptors (Lipinski definition) is 5. The Hall–Kier alpha value is -4.03. The third kappa shape index (κ3) is 4.78. The van der Waals surface area contributed by atoms with Crippen molar-refractivity contribution in [3.63, 3.8) is 0 Å². The number of halogens is 3. The van der Waals surface area contributed by atoms with Crippen LogP contribution < -0.4 is 0 Å². The quantitative estimate of drug-likeness (QED) is 0.220. The molecule has 6 rings (SSSR count). The lowest BCUT2D eigenvalue weighted by Crippen LogP contribution is -2.51. The fourth-order valence-electron chi connectivity index (χ4n) is 6.23. The van der Waals surface area contributed by atoms with Crippen molar-refractivity contribution in [1.29, 1.82) is 0 Å². The molecule has 3 atom stereocenters. The number of fused-ring (bicyclic) bond motifs is 2. The molecule has 42 heavy (non-hydrogen) atoms. The minimum absolute atomic E-state index is 0.0203. The van der Waals surface area contributed by atoms with Gasteiger partial charge in [-0.1, -0.05) is 5.57 Å². The van der Waals surface area contributed by atoms with E-state index in [0.717, 1.165) is 22.9 Å². The van der Waals surface area contributed by atoms with E-state index in [0.29, 0.717) is 18.5 Å². The molecule has 0 saturated heterocycles. The number of nitrogens with zero attached hydrogens (tertiary/aromatic N) is 6. The van der Waals surface area contributed by atoms with Gasteiger partial charge in [0.25, 0.3) is 0 Å². The van der Waals surface area contributed by atoms with Crippen LogP contribution >= 0.6 is 0 Å². The van der Waals surface area contributed by atoms with Crippen LogP contribution in [-0.4, -0.2) is 64.0 Å². The van der Waals surface area contributed by atoms with Crippen LogP contribution in [0.25, 0.3) is 11.8 Å². The molecule has 4 aromatic rings. The predicted octanol–water partition coefficient (Wildman–Crippen LogP) is 4.60. The Morgan fingerprint density at radius 3 is 2.67 bits per heavy atom. The summed E-state index contributed by atoms with van der Waals surface area (Å²) in [6.45, 7) is -0.918. The number of Topliss-reactive ketones (excluding diaryl/α,β-unsaturated/α-hetero) is 1. The first kappa shape index (κ1) is 28.1. The highest BCUT2D eigenvalue weighted by atomic mass is 32.2. The van der Waals surface area contributed by atoms with E-state index in [1.165, 1.54) is 33.4 Å². The summed E-state index contributed by atoms with van der Waals surface area (Å²) in [5.41, 5.74) is 1.82. The highest BCUT2D eigenvalue weighted by Crippen LogP contribution is 2.51. The number of pyridine rings is 1. The first-order valence-corrected chi connectivity index (χ1v) is 15.2. The molecule has 1 aromatic carbocycles. The summed E-state index contributed by atoms with van der Waals surface area (Å²) in [7, 11) is -1.50. The molecular weight excluding hydrogens is 565 g/mol. The molecule has 1 fully saturated rings. The van der Waals surface area contributed by atoms with E-state index < -0.39 is 33.7 Å². The summed E-state index contributed by atoms with van der Waals surface area (Å²) in [6.07, 6.45) is 7.83. The zero-order chi connectivity index (χ0) is 29.6. The Labute approximate surface area is 241 Å². The van der Waals surface area contributed by atoms with Gasteiger partial charge in [0.05, 0.1) is 32.7 Å². The lowest BCUT2D eigenvalue weighted by Gasteiger charge is -2.47. The highest BCUT2D eigenvalue weighted by Gasteiger charge is 2.51. The van der Waals surface area contributed by atoms with E-state index in [1.54, 1.807) is 42.3 Å². The smallest absolute Gasteiger partial charge is 0.191 e. The van der Waals surface area contributed by atoms with Crippen molar-refractivity contribution in [1.82, 2.24) is 28.9 Å². The number of rotatable bonds is 8. The number of aryl methyl sites for hydroxylation is 1. The molecule has 0 spiro atoms. The van der Waals surface area contributed by atoms with Crippen molar-refractivity contribution < 1.29 is 22.2 Å². The molecule has 218 valence electrons. The maximum absolute atomic E-state index is 14.3. The highest BCUT2D eigenvalue weighted by molar-refractivity contribution is 7.98. The van der Waals surface area contributed by atoms with Crippen LogP contribution in [0.5, 0.6) is 0 Å². The monoisotopic (exact) mass is 594 g/mol. The van der Waals surface area contributed by atoms with E-state index >= 15 is 0 Å². The zero-order valence-corrected chi connectivity index (χ0v) is 23.7. The van der Waals surface area contributed by atoms with Crippen LogP contribution in [-0.2, 0) is 23.2 Å². The predicted molar refractivity (Wildman–Crippen MR) is 153 cm³/mol. The van der Waals surface area contributed by atoms with E-state index in [-0.39, 0.29) is 41.7 Å². The van der Waals surface area contributed by atoms with Gasteiger partial charge in [0, 0.05) is 38.1 Å². The lowest BCUT2D eigenvalue weighted by atomic mass is 9.60. The average Bonchev–Trinajstić information content (AvgIpc) is 3.60. The van der Waals surface area contributed by atoms with Gasteiger partial charge in [-0.15, -0.1) is 0 Å². The molecule has 0 N–H and O–H groups in total. The standard InChI is InChI=1S/C30H29F3N6O2S/c1-37-13-10-28(36-37)42(2,41)38(14-11-31)25-6-3-21-15-27-20(19-35-39(27)24-7-4-22(32)5-8-24)17-30(21,18-25)29(40)26-16-23(33)9-12-34-26/h4-5,7-10,12-13,15-16,19,25H,2-3,6,11,14,17-18H2,1H3/t25-,30-,42?/m0/s1. The second-order valence-electron chi connectivity index (χ2n) is 10.8. The molecule has 1 unspecified atom stereocenters. The van der Waals surface area contributed by atoms with E-state index in [4.69, 9.17) is 0 Å². The van der Waals surface area contributed by atoms with Gasteiger partial charge in [-0.3, -0.25) is 14.5 Å². The SMILES string of the molecule is C=S(=O)(c1ccn(C)n1)N(CCF)[C@H]1CCC2=Cc3c(cnn3-c3ccc(F)cc3)C[C@]2(C(=O)c2cc(F)ccn2)C1. The van der Waals surface area contributed by atoms with Gasteiger partial charge >= 0.3 is 0 Å². The number of hydrogen-bond donors (Lipinski definition) is 0. The van der Waals surface area contributed by atoms with Gasteiger partial charge in [-0.2, -0.15) is 10.2 Å². The van der Waals surface area contributed by atoms with Crippen molar-refractivity contribution >= 4 is 27.4 Å². The Bertz CT molecular complexity index is 1800. The molecule has 8 nitrogen and oxygen atoms in total. The van der Waals surface area contributed by atoms with Crippen LogP contribution in [0.1, 0.15) is 41.0 Å². The van der Waals surface area contributed by atoms with Crippen LogP contribution in [0.4, 0.5) is 13.2 Å². The third-order valence-electron chi connectivity index (χ3n) is 8.20. The number of aromatic nitrogens is 5. The number of ketones is 1. The maximum atomic E-state index is 14.3. The number of benzene rings is 1. The molecule has 0 aliphatic heterocycles. The van der Waals surface area contributed by atoms with Gasteiger partial charge in [-0.05, 0) is 79.6 Å². The second-order valence-corrected chi connectivity index (χ2v) is 12.9. The van der Waals surface area contributed by atoms with Crippen LogP contribution in [0.3, 0.4) is 0 Å². The maximum Gasteiger partial charge on any atom is 0.191 e. The molecular formula is C30H29F3N6O2S. The van der Waals surface area contributed by atoms with Crippen LogP contribution in [0.15, 0.2) is 71.7 Å². The molecule has 1 saturated carbocycles. The molecule has 3 aromatic heterocycles. The van der Waals surface area contributed by atoms with Gasteiger partial charge in [-0.25, -0.2) is 26.4 Å². The largest absolute Gasteiger partial charge is 0.291 e. The fraction of sp³-hybridized carbons (Fsp3) is 0.300. The van der Waals surface area contributed by atoms with E-state index in [2.05, 4.69) is 21.1 Å². The minimum Gasteiger partial charge on any atom is -0.291 e. The van der Waals surface area contributed by atoms with Crippen LogP contribution in [0, 0.1) is 17.0 Å². The zero-order valence-electron chi connectivity index (χ0n) is 22.9. The van der Waals surface area contributed by atoms with Crippen LogP contribution in [0.2, 0.25) is 0 Å². The molecule has 0 bridgehead atoms. The fourth-order valence-corrected chi connectivity index (χ4v) is 8.03. The second kappa shape index (κ2) is 10.7. The van der Waals surface area contributed by atoms with Gasteiger partial charge in [0.15, 0.2) is 10.8 Å². The summed E-state index contributed by atoms with van der Waals surface area (Å²) in [5, 5.41) is 9.06. The Balaban J connectivity index is 1.45. The van der Waals surface area contributed by atoms with Crippen molar-refractivity contribution in [2.45, 2.75) is 36.8 Å².